The second-order valence-electron chi connectivity index (χ2n) is 7.12. The number of benzene rings is 3. The van der Waals surface area contributed by atoms with Crippen molar-refractivity contribution in [2.45, 2.75) is 6.54 Å². The minimum Gasteiger partial charge on any atom is -0.493 e. The van der Waals surface area contributed by atoms with Crippen LogP contribution < -0.4 is 15.0 Å². The van der Waals surface area contributed by atoms with Crippen LogP contribution in [0, 0.1) is 0 Å². The molecule has 0 aliphatic rings. The van der Waals surface area contributed by atoms with Crippen molar-refractivity contribution in [3.63, 3.8) is 0 Å². The molecule has 0 atom stereocenters. The van der Waals surface area contributed by atoms with Gasteiger partial charge in [-0.15, -0.1) is 10.2 Å². The molecule has 0 bridgehead atoms. The Morgan fingerprint density at radius 1 is 0.839 bits per heavy atom. The van der Waals surface area contributed by atoms with Gasteiger partial charge < -0.3 is 9.47 Å². The highest BCUT2D eigenvalue weighted by atomic mass is 16.5. The molecular formula is C24H20N4O3. The molecule has 7 nitrogen and oxygen atoms in total. The van der Waals surface area contributed by atoms with Gasteiger partial charge in [-0.25, -0.2) is 0 Å². The van der Waals surface area contributed by atoms with E-state index in [1.165, 1.54) is 0 Å². The third-order valence-electron chi connectivity index (χ3n) is 5.33. The largest absolute Gasteiger partial charge is 0.493 e. The lowest BCUT2D eigenvalue weighted by Crippen LogP contribution is -2.24. The number of aromatic nitrogens is 4. The number of hydrogen-bond donors (Lipinski definition) is 0. The smallest absolute Gasteiger partial charge is 0.263 e. The molecule has 0 N–H and O–H groups in total. The average molecular weight is 412 g/mol. The molecule has 0 radical (unpaired) electrons. The average Bonchev–Trinajstić information content (AvgIpc) is 3.27. The molecule has 31 heavy (non-hydrogen) atoms. The van der Waals surface area contributed by atoms with Crippen molar-refractivity contribution in [1.29, 1.82) is 0 Å². The van der Waals surface area contributed by atoms with E-state index in [-0.39, 0.29) is 5.56 Å². The molecule has 0 aliphatic heterocycles. The van der Waals surface area contributed by atoms with E-state index in [9.17, 15) is 4.79 Å². The molecule has 3 aromatic carbocycles. The topological polar surface area (TPSA) is 70.7 Å². The molecule has 5 rings (SSSR count). The molecule has 0 saturated heterocycles. The molecule has 0 aliphatic carbocycles. The number of rotatable bonds is 5. The summed E-state index contributed by atoms with van der Waals surface area (Å²) in [5.74, 6) is 2.33. The van der Waals surface area contributed by atoms with Gasteiger partial charge in [-0.3, -0.25) is 13.8 Å². The highest BCUT2D eigenvalue weighted by Crippen LogP contribution is 2.32. The number of para-hydroxylation sites is 1. The van der Waals surface area contributed by atoms with E-state index in [1.807, 2.05) is 77.2 Å². The van der Waals surface area contributed by atoms with Crippen LogP contribution in [0.4, 0.5) is 0 Å². The Morgan fingerprint density at radius 3 is 2.35 bits per heavy atom. The van der Waals surface area contributed by atoms with Crippen LogP contribution in [-0.2, 0) is 6.54 Å². The Labute approximate surface area is 178 Å². The molecule has 2 aromatic heterocycles. The highest BCUT2D eigenvalue weighted by molar-refractivity contribution is 5.82. The Morgan fingerprint density at radius 2 is 1.58 bits per heavy atom. The van der Waals surface area contributed by atoms with Gasteiger partial charge in [0, 0.05) is 5.56 Å². The minimum absolute atomic E-state index is 0.0989. The van der Waals surface area contributed by atoms with Gasteiger partial charge in [-0.2, -0.15) is 0 Å². The summed E-state index contributed by atoms with van der Waals surface area (Å²) in [6.07, 6.45) is 0. The fourth-order valence-electron chi connectivity index (χ4n) is 3.83. The highest BCUT2D eigenvalue weighted by Gasteiger charge is 2.18. The summed E-state index contributed by atoms with van der Waals surface area (Å²) >= 11 is 0. The van der Waals surface area contributed by atoms with Gasteiger partial charge in [0.15, 0.2) is 17.3 Å². The summed E-state index contributed by atoms with van der Waals surface area (Å²) in [6.45, 7) is 0.401. The van der Waals surface area contributed by atoms with Crippen molar-refractivity contribution in [1.82, 2.24) is 19.2 Å². The molecule has 0 unspecified atom stereocenters. The Kier molecular flexibility index (Phi) is 4.63. The van der Waals surface area contributed by atoms with E-state index < -0.39 is 0 Å². The zero-order valence-corrected chi connectivity index (χ0v) is 17.1. The second-order valence-corrected chi connectivity index (χ2v) is 7.12. The van der Waals surface area contributed by atoms with Crippen molar-refractivity contribution in [3.05, 3.63) is 88.7 Å². The zero-order chi connectivity index (χ0) is 21.4. The SMILES string of the molecule is COc1ccc(-c2nnc3n(Cc4ccccc4)c(=O)c4ccccc4n23)cc1OC. The van der Waals surface area contributed by atoms with E-state index in [0.717, 1.165) is 16.6 Å². The molecule has 0 saturated carbocycles. The first kappa shape index (κ1) is 18.9. The second kappa shape index (κ2) is 7.60. The van der Waals surface area contributed by atoms with E-state index in [1.54, 1.807) is 18.8 Å². The van der Waals surface area contributed by atoms with Gasteiger partial charge >= 0.3 is 0 Å². The first-order chi connectivity index (χ1) is 15.2. The number of hydrogen-bond acceptors (Lipinski definition) is 5. The maximum Gasteiger partial charge on any atom is 0.263 e. The van der Waals surface area contributed by atoms with Crippen LogP contribution in [0.15, 0.2) is 77.6 Å². The third kappa shape index (κ3) is 3.11. The standard InChI is InChI=1S/C24H20N4O3/c1-30-20-13-12-17(14-21(20)31-2)22-25-26-24-27(15-16-8-4-3-5-9-16)23(29)18-10-6-7-11-19(18)28(22)24/h3-14H,15H2,1-2H3. The summed E-state index contributed by atoms with van der Waals surface area (Å²) in [5.41, 5.74) is 2.47. The van der Waals surface area contributed by atoms with E-state index in [4.69, 9.17) is 9.47 Å². The van der Waals surface area contributed by atoms with Crippen LogP contribution in [0.5, 0.6) is 11.5 Å². The number of fused-ring (bicyclic) bond motifs is 3. The summed E-state index contributed by atoms with van der Waals surface area (Å²) in [6, 6.07) is 22.9. The molecule has 0 fully saturated rings. The molecule has 0 spiro atoms. The maximum absolute atomic E-state index is 13.3. The van der Waals surface area contributed by atoms with Crippen molar-refractivity contribution in [2.24, 2.45) is 0 Å². The first-order valence-electron chi connectivity index (χ1n) is 9.84. The van der Waals surface area contributed by atoms with Gasteiger partial charge in [0.05, 0.1) is 31.7 Å². The van der Waals surface area contributed by atoms with Crippen LogP contribution in [0.25, 0.3) is 28.1 Å². The molecule has 5 aromatic rings. The van der Waals surface area contributed by atoms with Crippen molar-refractivity contribution in [2.75, 3.05) is 14.2 Å². The van der Waals surface area contributed by atoms with Crippen LogP contribution in [0.1, 0.15) is 5.56 Å². The van der Waals surface area contributed by atoms with Crippen LogP contribution in [0.3, 0.4) is 0 Å². The van der Waals surface area contributed by atoms with E-state index in [0.29, 0.717) is 35.0 Å². The Balaban J connectivity index is 1.80. The number of methoxy groups -OCH3 is 2. The van der Waals surface area contributed by atoms with Gasteiger partial charge in [-0.1, -0.05) is 42.5 Å². The maximum atomic E-state index is 13.3. The van der Waals surface area contributed by atoms with Crippen molar-refractivity contribution < 1.29 is 9.47 Å². The summed E-state index contributed by atoms with van der Waals surface area (Å²) in [5, 5.41) is 9.46. The van der Waals surface area contributed by atoms with Crippen LogP contribution >= 0.6 is 0 Å². The summed E-state index contributed by atoms with van der Waals surface area (Å²) in [4.78, 5) is 13.3. The van der Waals surface area contributed by atoms with Gasteiger partial charge in [-0.05, 0) is 35.9 Å². The Hall–Kier alpha value is -4.13. The zero-order valence-electron chi connectivity index (χ0n) is 17.1. The van der Waals surface area contributed by atoms with Crippen LogP contribution in [0.2, 0.25) is 0 Å². The lowest BCUT2D eigenvalue weighted by atomic mass is 10.1. The third-order valence-corrected chi connectivity index (χ3v) is 5.33. The fourth-order valence-corrected chi connectivity index (χ4v) is 3.83. The Bertz CT molecular complexity index is 1450. The summed E-state index contributed by atoms with van der Waals surface area (Å²) in [7, 11) is 3.19. The predicted molar refractivity (Wildman–Crippen MR) is 119 cm³/mol. The van der Waals surface area contributed by atoms with Gasteiger partial charge in [0.25, 0.3) is 5.56 Å². The van der Waals surface area contributed by atoms with Crippen molar-refractivity contribution >= 4 is 16.7 Å². The minimum atomic E-state index is -0.0989. The van der Waals surface area contributed by atoms with E-state index in [2.05, 4.69) is 10.2 Å². The van der Waals surface area contributed by atoms with Crippen LogP contribution in [-0.4, -0.2) is 33.4 Å². The molecular weight excluding hydrogens is 392 g/mol. The molecule has 0 amide bonds. The molecule has 7 heteroatoms. The normalized spacial score (nSPS) is 11.2. The lowest BCUT2D eigenvalue weighted by Gasteiger charge is -2.12. The van der Waals surface area contributed by atoms with Gasteiger partial charge in [0.2, 0.25) is 5.78 Å². The fraction of sp³-hybridized carbons (Fsp3) is 0.125. The molecule has 2 heterocycles. The number of nitrogens with zero attached hydrogens (tertiary/aromatic N) is 4. The monoisotopic (exact) mass is 412 g/mol. The van der Waals surface area contributed by atoms with E-state index >= 15 is 0 Å². The number of ether oxygens (including phenoxy) is 2. The first-order valence-corrected chi connectivity index (χ1v) is 9.84. The van der Waals surface area contributed by atoms with Gasteiger partial charge in [0.1, 0.15) is 0 Å². The molecule has 154 valence electrons. The quantitative estimate of drug-likeness (QED) is 0.439. The predicted octanol–water partition coefficient (Wildman–Crippen LogP) is 3.78. The summed E-state index contributed by atoms with van der Waals surface area (Å²) < 4.78 is 14.4. The van der Waals surface area contributed by atoms with Crippen molar-refractivity contribution in [3.8, 4) is 22.9 Å². The lowest BCUT2D eigenvalue weighted by molar-refractivity contribution is 0.355.